The third kappa shape index (κ3) is 2.10. The number of carbonyl (C=O) groups is 1. The standard InChI is InChI=1S/C10H10ClN3OS/c1-2-8(15)13-5-3-6(11)9-7(4-5)16-10(12)14-9/h3-4H,2H2,1H3,(H2,12,14)(H,13,15). The average Bonchev–Trinajstić information content (AvgIpc) is 2.59. The Morgan fingerprint density at radius 2 is 2.38 bits per heavy atom. The molecule has 0 bridgehead atoms. The molecule has 0 atom stereocenters. The lowest BCUT2D eigenvalue weighted by Crippen LogP contribution is -2.09. The topological polar surface area (TPSA) is 68.0 Å². The first kappa shape index (κ1) is 11.2. The number of benzene rings is 1. The fraction of sp³-hybridized carbons (Fsp3) is 0.200. The van der Waals surface area contributed by atoms with Crippen molar-refractivity contribution < 1.29 is 4.79 Å². The van der Waals surface area contributed by atoms with Gasteiger partial charge >= 0.3 is 0 Å². The van der Waals surface area contributed by atoms with E-state index in [1.807, 2.05) is 6.07 Å². The van der Waals surface area contributed by atoms with E-state index < -0.39 is 0 Å². The number of thiazole rings is 1. The lowest BCUT2D eigenvalue weighted by atomic mass is 10.3. The summed E-state index contributed by atoms with van der Waals surface area (Å²) in [4.78, 5) is 15.3. The fourth-order valence-corrected chi connectivity index (χ4v) is 2.45. The molecule has 0 aliphatic carbocycles. The third-order valence-electron chi connectivity index (χ3n) is 2.07. The van der Waals surface area contributed by atoms with E-state index in [4.69, 9.17) is 17.3 Å². The van der Waals surface area contributed by atoms with E-state index in [2.05, 4.69) is 10.3 Å². The summed E-state index contributed by atoms with van der Waals surface area (Å²) in [6, 6.07) is 3.50. The van der Waals surface area contributed by atoms with Crippen molar-refractivity contribution in [2.24, 2.45) is 0 Å². The van der Waals surface area contributed by atoms with Gasteiger partial charge in [0.15, 0.2) is 5.13 Å². The molecule has 1 amide bonds. The molecule has 84 valence electrons. The van der Waals surface area contributed by atoms with Crippen LogP contribution in [0.4, 0.5) is 10.8 Å². The molecule has 0 aliphatic rings. The van der Waals surface area contributed by atoms with Gasteiger partial charge in [0.2, 0.25) is 5.91 Å². The summed E-state index contributed by atoms with van der Waals surface area (Å²) in [7, 11) is 0. The molecule has 0 unspecified atom stereocenters. The van der Waals surface area contributed by atoms with Crippen LogP contribution in [0.5, 0.6) is 0 Å². The van der Waals surface area contributed by atoms with Crippen LogP contribution in [0.1, 0.15) is 13.3 Å². The molecule has 1 aromatic carbocycles. The van der Waals surface area contributed by atoms with E-state index in [0.717, 1.165) is 4.70 Å². The molecule has 2 rings (SSSR count). The molecule has 0 saturated heterocycles. The Labute approximate surface area is 101 Å². The molecule has 0 fully saturated rings. The molecule has 0 spiro atoms. The molecule has 0 radical (unpaired) electrons. The molecule has 0 saturated carbocycles. The highest BCUT2D eigenvalue weighted by Crippen LogP contribution is 2.32. The van der Waals surface area contributed by atoms with Gasteiger partial charge in [-0.3, -0.25) is 4.79 Å². The highest BCUT2D eigenvalue weighted by Gasteiger charge is 2.08. The fourth-order valence-electron chi connectivity index (χ4n) is 1.33. The molecular weight excluding hydrogens is 246 g/mol. The van der Waals surface area contributed by atoms with Gasteiger partial charge in [-0.05, 0) is 12.1 Å². The van der Waals surface area contributed by atoms with Gasteiger partial charge in [-0.2, -0.15) is 0 Å². The van der Waals surface area contributed by atoms with Crippen LogP contribution in [0.15, 0.2) is 12.1 Å². The van der Waals surface area contributed by atoms with E-state index in [-0.39, 0.29) is 5.91 Å². The van der Waals surface area contributed by atoms with Crippen molar-refractivity contribution in [3.05, 3.63) is 17.2 Å². The Kier molecular flexibility index (Phi) is 2.98. The van der Waals surface area contributed by atoms with Crippen molar-refractivity contribution in [2.75, 3.05) is 11.1 Å². The van der Waals surface area contributed by atoms with Crippen LogP contribution in [0, 0.1) is 0 Å². The first-order chi connectivity index (χ1) is 7.60. The van der Waals surface area contributed by atoms with Crippen molar-refractivity contribution in [1.29, 1.82) is 0 Å². The number of carbonyl (C=O) groups excluding carboxylic acids is 1. The van der Waals surface area contributed by atoms with E-state index in [1.165, 1.54) is 11.3 Å². The van der Waals surface area contributed by atoms with Gasteiger partial charge in [0.1, 0.15) is 5.52 Å². The highest BCUT2D eigenvalue weighted by molar-refractivity contribution is 7.22. The van der Waals surface area contributed by atoms with Crippen LogP contribution in [0.25, 0.3) is 10.2 Å². The van der Waals surface area contributed by atoms with E-state index in [1.54, 1.807) is 13.0 Å². The van der Waals surface area contributed by atoms with Gasteiger partial charge in [-0.15, -0.1) is 0 Å². The predicted octanol–water partition coefficient (Wildman–Crippen LogP) is 2.88. The summed E-state index contributed by atoms with van der Waals surface area (Å²) in [5.41, 5.74) is 6.95. The maximum absolute atomic E-state index is 11.2. The summed E-state index contributed by atoms with van der Waals surface area (Å²) >= 11 is 7.39. The monoisotopic (exact) mass is 255 g/mol. The molecule has 2 aromatic rings. The van der Waals surface area contributed by atoms with Gasteiger partial charge in [0.25, 0.3) is 0 Å². The summed E-state index contributed by atoms with van der Waals surface area (Å²) in [6.45, 7) is 1.79. The SMILES string of the molecule is CCC(=O)Nc1cc(Cl)c2nc(N)sc2c1. The predicted molar refractivity (Wildman–Crippen MR) is 68.0 cm³/mol. The van der Waals surface area contributed by atoms with Crippen molar-refractivity contribution >= 4 is 49.9 Å². The summed E-state index contributed by atoms with van der Waals surface area (Å²) in [6.07, 6.45) is 0.431. The highest BCUT2D eigenvalue weighted by atomic mass is 35.5. The zero-order valence-electron chi connectivity index (χ0n) is 8.58. The van der Waals surface area contributed by atoms with Crippen molar-refractivity contribution in [2.45, 2.75) is 13.3 Å². The number of hydrogen-bond donors (Lipinski definition) is 2. The second-order valence-corrected chi connectivity index (χ2v) is 4.73. The lowest BCUT2D eigenvalue weighted by molar-refractivity contribution is -0.115. The Morgan fingerprint density at radius 3 is 3.06 bits per heavy atom. The molecule has 0 aliphatic heterocycles. The largest absolute Gasteiger partial charge is 0.375 e. The minimum Gasteiger partial charge on any atom is -0.375 e. The number of nitrogen functional groups attached to an aromatic ring is 1. The second kappa shape index (κ2) is 4.27. The van der Waals surface area contributed by atoms with Crippen LogP contribution in [0.2, 0.25) is 5.02 Å². The second-order valence-electron chi connectivity index (χ2n) is 3.26. The zero-order valence-corrected chi connectivity index (χ0v) is 10.2. The Balaban J connectivity index is 2.45. The normalized spacial score (nSPS) is 10.6. The molecular formula is C10H10ClN3OS. The minimum absolute atomic E-state index is 0.0482. The van der Waals surface area contributed by atoms with Crippen LogP contribution in [-0.2, 0) is 4.79 Å². The van der Waals surface area contributed by atoms with Crippen molar-refractivity contribution in [1.82, 2.24) is 4.98 Å². The zero-order chi connectivity index (χ0) is 11.7. The molecule has 4 nitrogen and oxygen atoms in total. The molecule has 3 N–H and O–H groups in total. The summed E-state index contributed by atoms with van der Waals surface area (Å²) in [5, 5.41) is 3.71. The van der Waals surface area contributed by atoms with E-state index in [9.17, 15) is 4.79 Å². The minimum atomic E-state index is -0.0482. The van der Waals surface area contributed by atoms with Gasteiger partial charge in [-0.1, -0.05) is 29.9 Å². The molecule has 6 heteroatoms. The lowest BCUT2D eigenvalue weighted by Gasteiger charge is -2.03. The van der Waals surface area contributed by atoms with E-state index >= 15 is 0 Å². The molecule has 1 aromatic heterocycles. The maximum Gasteiger partial charge on any atom is 0.224 e. The summed E-state index contributed by atoms with van der Waals surface area (Å²) in [5.74, 6) is -0.0482. The number of anilines is 2. The number of halogens is 1. The van der Waals surface area contributed by atoms with Crippen LogP contribution in [-0.4, -0.2) is 10.9 Å². The van der Waals surface area contributed by atoms with Gasteiger partial charge in [-0.25, -0.2) is 4.98 Å². The molecule has 16 heavy (non-hydrogen) atoms. The van der Waals surface area contributed by atoms with Crippen molar-refractivity contribution in [3.8, 4) is 0 Å². The number of nitrogens with zero attached hydrogens (tertiary/aromatic N) is 1. The Bertz CT molecular complexity index is 552. The average molecular weight is 256 g/mol. The third-order valence-corrected chi connectivity index (χ3v) is 3.19. The maximum atomic E-state index is 11.2. The number of aromatic nitrogens is 1. The number of rotatable bonds is 2. The number of nitrogens with one attached hydrogen (secondary N) is 1. The van der Waals surface area contributed by atoms with Crippen LogP contribution >= 0.6 is 22.9 Å². The number of nitrogens with two attached hydrogens (primary N) is 1. The van der Waals surface area contributed by atoms with E-state index in [0.29, 0.717) is 27.8 Å². The number of fused-ring (bicyclic) bond motifs is 1. The quantitative estimate of drug-likeness (QED) is 0.867. The van der Waals surface area contributed by atoms with Gasteiger partial charge < -0.3 is 11.1 Å². The smallest absolute Gasteiger partial charge is 0.224 e. The van der Waals surface area contributed by atoms with Crippen LogP contribution in [0.3, 0.4) is 0 Å². The van der Waals surface area contributed by atoms with Gasteiger partial charge in [0.05, 0.1) is 9.72 Å². The van der Waals surface area contributed by atoms with Crippen LogP contribution < -0.4 is 11.1 Å². The first-order valence-electron chi connectivity index (χ1n) is 4.75. The Hall–Kier alpha value is -1.33. The number of hydrogen-bond acceptors (Lipinski definition) is 4. The molecule has 1 heterocycles. The van der Waals surface area contributed by atoms with Gasteiger partial charge in [0, 0.05) is 12.1 Å². The Morgan fingerprint density at radius 1 is 1.62 bits per heavy atom. The summed E-state index contributed by atoms with van der Waals surface area (Å²) < 4.78 is 0.872. The number of amides is 1. The first-order valence-corrected chi connectivity index (χ1v) is 5.95. The van der Waals surface area contributed by atoms with Crippen molar-refractivity contribution in [3.63, 3.8) is 0 Å².